The Morgan fingerprint density at radius 3 is 2.73 bits per heavy atom. The molecule has 0 saturated carbocycles. The third-order valence-electron chi connectivity index (χ3n) is 3.52. The summed E-state index contributed by atoms with van der Waals surface area (Å²) in [4.78, 5) is 24.3. The molecule has 0 aliphatic carbocycles. The van der Waals surface area contributed by atoms with Gasteiger partial charge in [0.1, 0.15) is 17.7 Å². The van der Waals surface area contributed by atoms with E-state index < -0.39 is 11.9 Å². The number of nitrogens with zero attached hydrogens (tertiary/aromatic N) is 1. The smallest absolute Gasteiger partial charge is 0.317 e. The molecular formula is C15H19FN2O4. The molecule has 6 nitrogen and oxygen atoms in total. The number of nitrogens with one attached hydrogen (secondary N) is 1. The Balaban J connectivity index is 1.74. The molecule has 2 atom stereocenters. The van der Waals surface area contributed by atoms with Crippen LogP contribution in [0.1, 0.15) is 13.3 Å². The molecule has 0 spiro atoms. The zero-order chi connectivity index (χ0) is 16.1. The number of hydrogen-bond donors (Lipinski definition) is 2. The summed E-state index contributed by atoms with van der Waals surface area (Å²) in [6, 6.07) is 5.35. The van der Waals surface area contributed by atoms with Crippen LogP contribution < -0.4 is 10.1 Å². The summed E-state index contributed by atoms with van der Waals surface area (Å²) in [5.41, 5.74) is 0. The van der Waals surface area contributed by atoms with Gasteiger partial charge in [-0.1, -0.05) is 0 Å². The first kappa shape index (κ1) is 16.1. The largest absolute Gasteiger partial charge is 0.489 e. The molecule has 2 unspecified atom stereocenters. The number of aliphatic carboxylic acids is 1. The van der Waals surface area contributed by atoms with E-state index in [-0.39, 0.29) is 31.0 Å². The number of benzene rings is 1. The molecule has 1 aromatic carbocycles. The average molecular weight is 310 g/mol. The highest BCUT2D eigenvalue weighted by Gasteiger charge is 2.30. The van der Waals surface area contributed by atoms with E-state index in [1.54, 1.807) is 6.92 Å². The predicted molar refractivity (Wildman–Crippen MR) is 77.2 cm³/mol. The molecule has 1 aliphatic heterocycles. The first-order valence-electron chi connectivity index (χ1n) is 7.13. The van der Waals surface area contributed by atoms with Crippen molar-refractivity contribution in [2.45, 2.75) is 19.4 Å². The fourth-order valence-electron chi connectivity index (χ4n) is 2.28. The average Bonchev–Trinajstić information content (AvgIpc) is 2.97. The monoisotopic (exact) mass is 310 g/mol. The Morgan fingerprint density at radius 1 is 1.45 bits per heavy atom. The number of carbonyl (C=O) groups is 2. The van der Waals surface area contributed by atoms with Gasteiger partial charge in [0.25, 0.3) is 0 Å². The molecule has 1 fully saturated rings. The predicted octanol–water partition coefficient (Wildman–Crippen LogP) is 1.71. The lowest BCUT2D eigenvalue weighted by molar-refractivity contribution is -0.141. The molecule has 0 radical (unpaired) electrons. The lowest BCUT2D eigenvalue weighted by Crippen LogP contribution is -2.42. The number of amides is 2. The highest BCUT2D eigenvalue weighted by atomic mass is 19.1. The van der Waals surface area contributed by atoms with Crippen molar-refractivity contribution in [3.8, 4) is 5.75 Å². The standard InChI is InChI=1S/C15H19FN2O4/c1-10(22-13-4-2-12(16)3-5-13)8-17-15(21)18-7-6-11(9-18)14(19)20/h2-5,10-11H,6-9H2,1H3,(H,17,21)(H,19,20). The zero-order valence-electron chi connectivity index (χ0n) is 12.3. The van der Waals surface area contributed by atoms with E-state index in [1.807, 2.05) is 0 Å². The van der Waals surface area contributed by atoms with E-state index in [0.29, 0.717) is 18.7 Å². The summed E-state index contributed by atoms with van der Waals surface area (Å²) in [5, 5.41) is 11.6. The van der Waals surface area contributed by atoms with Crippen molar-refractivity contribution >= 4 is 12.0 Å². The third kappa shape index (κ3) is 4.34. The number of carboxylic acids is 1. The number of halogens is 1. The fourth-order valence-corrected chi connectivity index (χ4v) is 2.28. The minimum Gasteiger partial charge on any atom is -0.489 e. The van der Waals surface area contributed by atoms with Gasteiger partial charge < -0.3 is 20.1 Å². The second-order valence-electron chi connectivity index (χ2n) is 5.34. The molecule has 1 heterocycles. The van der Waals surface area contributed by atoms with Gasteiger partial charge in [0.05, 0.1) is 12.5 Å². The Bertz CT molecular complexity index is 535. The summed E-state index contributed by atoms with van der Waals surface area (Å²) in [5.74, 6) is -1.17. The number of rotatable bonds is 5. The maximum Gasteiger partial charge on any atom is 0.317 e. The number of ether oxygens (including phenoxy) is 1. The van der Waals surface area contributed by atoms with Crippen LogP contribution in [0.15, 0.2) is 24.3 Å². The van der Waals surface area contributed by atoms with Crippen molar-refractivity contribution in [3.63, 3.8) is 0 Å². The second kappa shape index (κ2) is 7.11. The van der Waals surface area contributed by atoms with Gasteiger partial charge in [-0.15, -0.1) is 0 Å². The first-order chi connectivity index (χ1) is 10.5. The number of hydrogen-bond acceptors (Lipinski definition) is 3. The van der Waals surface area contributed by atoms with Crippen molar-refractivity contribution in [1.82, 2.24) is 10.2 Å². The molecule has 1 aliphatic rings. The van der Waals surface area contributed by atoms with E-state index in [1.165, 1.54) is 29.2 Å². The number of carboxylic acid groups (broad SMARTS) is 1. The van der Waals surface area contributed by atoms with Gasteiger partial charge in [-0.25, -0.2) is 9.18 Å². The molecule has 2 rings (SSSR count). The number of urea groups is 1. The number of likely N-dealkylation sites (tertiary alicyclic amines) is 1. The molecule has 0 bridgehead atoms. The van der Waals surface area contributed by atoms with Crippen LogP contribution in [-0.2, 0) is 4.79 Å². The highest BCUT2D eigenvalue weighted by Crippen LogP contribution is 2.16. The molecule has 0 aromatic heterocycles. The van der Waals surface area contributed by atoms with Gasteiger partial charge in [-0.2, -0.15) is 0 Å². The Hall–Kier alpha value is -2.31. The summed E-state index contributed by atoms with van der Waals surface area (Å²) in [6.45, 7) is 2.74. The minimum absolute atomic E-state index is 0.231. The van der Waals surface area contributed by atoms with E-state index in [9.17, 15) is 14.0 Å². The van der Waals surface area contributed by atoms with Crippen molar-refractivity contribution in [2.24, 2.45) is 5.92 Å². The van der Waals surface area contributed by atoms with Gasteiger partial charge in [0.2, 0.25) is 0 Å². The maximum atomic E-state index is 12.8. The maximum absolute atomic E-state index is 12.8. The third-order valence-corrected chi connectivity index (χ3v) is 3.52. The molecular weight excluding hydrogens is 291 g/mol. The Labute approximate surface area is 127 Å². The Morgan fingerprint density at radius 2 is 2.14 bits per heavy atom. The minimum atomic E-state index is -0.872. The Kier molecular flexibility index (Phi) is 5.19. The molecule has 120 valence electrons. The van der Waals surface area contributed by atoms with E-state index in [0.717, 1.165) is 0 Å². The summed E-state index contributed by atoms with van der Waals surface area (Å²) in [7, 11) is 0. The molecule has 2 N–H and O–H groups in total. The van der Waals surface area contributed by atoms with Crippen LogP contribution >= 0.6 is 0 Å². The van der Waals surface area contributed by atoms with Gasteiger partial charge in [-0.3, -0.25) is 4.79 Å². The second-order valence-corrected chi connectivity index (χ2v) is 5.34. The van der Waals surface area contributed by atoms with E-state index in [4.69, 9.17) is 9.84 Å². The van der Waals surface area contributed by atoms with Crippen LogP contribution in [-0.4, -0.2) is 47.7 Å². The van der Waals surface area contributed by atoms with Crippen molar-refractivity contribution in [2.75, 3.05) is 19.6 Å². The molecule has 1 saturated heterocycles. The van der Waals surface area contributed by atoms with E-state index >= 15 is 0 Å². The van der Waals surface area contributed by atoms with Gasteiger partial charge >= 0.3 is 12.0 Å². The van der Waals surface area contributed by atoms with Gasteiger partial charge in [0, 0.05) is 13.1 Å². The van der Waals surface area contributed by atoms with Crippen LogP contribution in [0.2, 0.25) is 0 Å². The molecule has 1 aromatic rings. The normalized spacial score (nSPS) is 18.8. The van der Waals surface area contributed by atoms with Crippen LogP contribution in [0, 0.1) is 11.7 Å². The summed E-state index contributed by atoms with van der Waals surface area (Å²) < 4.78 is 18.3. The van der Waals surface area contributed by atoms with Crippen LogP contribution in [0.3, 0.4) is 0 Å². The zero-order valence-corrected chi connectivity index (χ0v) is 12.3. The number of carbonyl (C=O) groups excluding carboxylic acids is 1. The van der Waals surface area contributed by atoms with Crippen LogP contribution in [0.5, 0.6) is 5.75 Å². The van der Waals surface area contributed by atoms with Gasteiger partial charge in [0.15, 0.2) is 0 Å². The lowest BCUT2D eigenvalue weighted by atomic mass is 10.1. The van der Waals surface area contributed by atoms with E-state index in [2.05, 4.69) is 5.32 Å². The topological polar surface area (TPSA) is 78.9 Å². The fraction of sp³-hybridized carbons (Fsp3) is 0.467. The van der Waals surface area contributed by atoms with Crippen LogP contribution in [0.25, 0.3) is 0 Å². The van der Waals surface area contributed by atoms with Crippen molar-refractivity contribution in [3.05, 3.63) is 30.1 Å². The summed E-state index contributed by atoms with van der Waals surface area (Å²) in [6.07, 6.45) is 0.192. The molecule has 22 heavy (non-hydrogen) atoms. The first-order valence-corrected chi connectivity index (χ1v) is 7.13. The van der Waals surface area contributed by atoms with Crippen molar-refractivity contribution < 1.29 is 23.8 Å². The molecule has 2 amide bonds. The van der Waals surface area contributed by atoms with Crippen LogP contribution in [0.4, 0.5) is 9.18 Å². The highest BCUT2D eigenvalue weighted by molar-refractivity contribution is 5.77. The SMILES string of the molecule is CC(CNC(=O)N1CCC(C(=O)O)C1)Oc1ccc(F)cc1. The van der Waals surface area contributed by atoms with Crippen molar-refractivity contribution in [1.29, 1.82) is 0 Å². The van der Waals surface area contributed by atoms with Gasteiger partial charge in [-0.05, 0) is 37.6 Å². The summed E-state index contributed by atoms with van der Waals surface area (Å²) >= 11 is 0. The quantitative estimate of drug-likeness (QED) is 0.868. The lowest BCUT2D eigenvalue weighted by Gasteiger charge is -2.20. The molecule has 7 heteroatoms.